The van der Waals surface area contributed by atoms with Crippen molar-refractivity contribution in [2.75, 3.05) is 39.3 Å². The summed E-state index contributed by atoms with van der Waals surface area (Å²) in [6.45, 7) is 7.68. The Morgan fingerprint density at radius 2 is 1.14 bits per heavy atom. The van der Waals surface area contributed by atoms with E-state index in [2.05, 4.69) is 64.6 Å². The first kappa shape index (κ1) is 19.1. The number of hydrogen-bond donors (Lipinski definition) is 4. The molecule has 1 aromatic rings. The molecule has 0 amide bonds. The standard InChI is InChI=1S/C13H23N5.2ClH.Cu/c1-2-12-10-16-8-6-14-4-5-15-7-9-17-11-13(3-1)18-12;;;/h1-3,14-17H,4-11H2;2*1H;/q;;;+2/p-2. The molecule has 1 aromatic heterocycles. The normalized spacial score (nSPS) is 18.0. The fraction of sp³-hybridized carbons (Fsp3) is 0.615. The average Bonchev–Trinajstić information content (AvgIpc) is 2.49. The monoisotopic (exact) mass is 382 g/mol. The van der Waals surface area contributed by atoms with E-state index in [0.717, 1.165) is 76.9 Å². The average molecular weight is 384 g/mol. The molecule has 4 N–H and O–H groups in total. The van der Waals surface area contributed by atoms with Gasteiger partial charge in [-0.1, -0.05) is 6.07 Å². The van der Waals surface area contributed by atoms with Crippen molar-refractivity contribution in [3.05, 3.63) is 29.6 Å². The Kier molecular flexibility index (Phi) is 12.5. The van der Waals surface area contributed by atoms with Crippen LogP contribution in [-0.4, -0.2) is 44.3 Å². The fourth-order valence-electron chi connectivity index (χ4n) is 1.94. The first-order valence-corrected chi connectivity index (χ1v) is 9.55. The molecular weight excluding hydrogens is 361 g/mol. The van der Waals surface area contributed by atoms with Crippen molar-refractivity contribution < 1.29 is 13.1 Å². The van der Waals surface area contributed by atoms with Gasteiger partial charge in [0, 0.05) is 52.4 Å². The van der Waals surface area contributed by atoms with Gasteiger partial charge in [0.25, 0.3) is 0 Å². The van der Waals surface area contributed by atoms with Crippen molar-refractivity contribution in [2.45, 2.75) is 13.1 Å². The predicted octanol–water partition coefficient (Wildman–Crippen LogP) is 0.830. The van der Waals surface area contributed by atoms with Crippen LogP contribution in [0.2, 0.25) is 0 Å². The summed E-state index contributed by atoms with van der Waals surface area (Å²) in [6, 6.07) is 6.22. The van der Waals surface area contributed by atoms with Gasteiger partial charge in [-0.15, -0.1) is 0 Å². The second-order valence-corrected chi connectivity index (χ2v) is 6.07. The largest absolute Gasteiger partial charge is 0.314 e. The Morgan fingerprint density at radius 1 is 0.762 bits per heavy atom. The van der Waals surface area contributed by atoms with Gasteiger partial charge in [-0.2, -0.15) is 0 Å². The van der Waals surface area contributed by atoms with Gasteiger partial charge >= 0.3 is 33.3 Å². The molecule has 0 aromatic carbocycles. The first-order valence-electron chi connectivity index (χ1n) is 6.95. The summed E-state index contributed by atoms with van der Waals surface area (Å²) in [5.41, 5.74) is 2.23. The van der Waals surface area contributed by atoms with Crippen LogP contribution in [0.3, 0.4) is 0 Å². The van der Waals surface area contributed by atoms with Crippen molar-refractivity contribution in [2.24, 2.45) is 0 Å². The van der Waals surface area contributed by atoms with E-state index in [1.165, 1.54) is 0 Å². The summed E-state index contributed by atoms with van der Waals surface area (Å²) in [7, 11) is 9.34. The van der Waals surface area contributed by atoms with E-state index in [0.29, 0.717) is 0 Å². The third kappa shape index (κ3) is 10.4. The summed E-state index contributed by atoms with van der Waals surface area (Å²) in [5, 5.41) is 13.6. The van der Waals surface area contributed by atoms with Crippen LogP contribution in [0.5, 0.6) is 0 Å². The fourth-order valence-corrected chi connectivity index (χ4v) is 1.94. The summed E-state index contributed by atoms with van der Waals surface area (Å²) >= 11 is 0.757. The van der Waals surface area contributed by atoms with E-state index in [1.807, 2.05) is 0 Å². The molecule has 0 aliphatic carbocycles. The van der Waals surface area contributed by atoms with Gasteiger partial charge in [-0.25, -0.2) is 0 Å². The van der Waals surface area contributed by atoms with Crippen LogP contribution in [-0.2, 0) is 26.2 Å². The number of hydrogen-bond acceptors (Lipinski definition) is 5. The van der Waals surface area contributed by atoms with Crippen LogP contribution in [0.25, 0.3) is 0 Å². The van der Waals surface area contributed by atoms with E-state index in [9.17, 15) is 0 Å². The zero-order valence-corrected chi connectivity index (χ0v) is 14.3. The van der Waals surface area contributed by atoms with Gasteiger partial charge in [-0.05, 0) is 12.1 Å². The molecule has 0 saturated heterocycles. The Balaban J connectivity index is 0.000000677. The molecule has 125 valence electrons. The molecule has 1 aliphatic rings. The molecule has 5 nitrogen and oxygen atoms in total. The zero-order valence-electron chi connectivity index (χ0n) is 11.9. The van der Waals surface area contributed by atoms with Crippen molar-refractivity contribution >= 4 is 20.2 Å². The molecule has 8 heteroatoms. The van der Waals surface area contributed by atoms with E-state index in [-0.39, 0.29) is 0 Å². The van der Waals surface area contributed by atoms with Crippen LogP contribution in [0.1, 0.15) is 11.4 Å². The second kappa shape index (κ2) is 13.7. The quantitative estimate of drug-likeness (QED) is 0.500. The maximum atomic E-state index is 4.67. The first-order chi connectivity index (χ1) is 10.4. The van der Waals surface area contributed by atoms with Gasteiger partial charge in [0.2, 0.25) is 0 Å². The number of halogens is 2. The molecule has 21 heavy (non-hydrogen) atoms. The molecule has 2 heterocycles. The molecule has 2 bridgehead atoms. The van der Waals surface area contributed by atoms with Gasteiger partial charge in [-0.3, -0.25) is 4.98 Å². The smallest absolute Gasteiger partial charge is 0.0545 e. The molecule has 1 aliphatic heterocycles. The van der Waals surface area contributed by atoms with Gasteiger partial charge < -0.3 is 21.3 Å². The summed E-state index contributed by atoms with van der Waals surface area (Å²) in [5.74, 6) is 0. The summed E-state index contributed by atoms with van der Waals surface area (Å²) < 4.78 is 0. The van der Waals surface area contributed by atoms with E-state index in [1.54, 1.807) is 0 Å². The predicted molar refractivity (Wildman–Crippen MR) is 85.1 cm³/mol. The Labute approximate surface area is 141 Å². The maximum Gasteiger partial charge on any atom is 0.0545 e. The van der Waals surface area contributed by atoms with E-state index in [4.69, 9.17) is 0 Å². The van der Waals surface area contributed by atoms with E-state index >= 15 is 0 Å². The molecule has 0 atom stereocenters. The van der Waals surface area contributed by atoms with E-state index < -0.39 is 0 Å². The molecule has 0 radical (unpaired) electrons. The van der Waals surface area contributed by atoms with Crippen LogP contribution < -0.4 is 21.3 Å². The Bertz CT molecular complexity index is 341. The van der Waals surface area contributed by atoms with Crippen LogP contribution in [0, 0.1) is 0 Å². The minimum atomic E-state index is 0.757. The topological polar surface area (TPSA) is 61.0 Å². The molecule has 2 rings (SSSR count). The Hall–Kier alpha value is 0.0895. The summed E-state index contributed by atoms with van der Waals surface area (Å²) in [4.78, 5) is 4.62. The van der Waals surface area contributed by atoms with Crippen LogP contribution >= 0.6 is 20.2 Å². The maximum absolute atomic E-state index is 4.67. The molecular formula is C13H23Cl2CuN5. The van der Waals surface area contributed by atoms with Crippen LogP contribution in [0.15, 0.2) is 18.2 Å². The van der Waals surface area contributed by atoms with Gasteiger partial charge in [0.05, 0.1) is 11.4 Å². The third-order valence-electron chi connectivity index (χ3n) is 2.91. The van der Waals surface area contributed by atoms with Crippen molar-refractivity contribution in [1.82, 2.24) is 26.3 Å². The molecule has 0 spiro atoms. The third-order valence-corrected chi connectivity index (χ3v) is 2.91. The minimum absolute atomic E-state index is 0.757. The van der Waals surface area contributed by atoms with Crippen LogP contribution in [0.4, 0.5) is 0 Å². The number of nitrogens with zero attached hydrogens (tertiary/aromatic N) is 1. The second-order valence-electron chi connectivity index (χ2n) is 4.52. The molecule has 0 saturated carbocycles. The molecule has 0 unspecified atom stereocenters. The number of fused-ring (bicyclic) bond motifs is 2. The number of aromatic nitrogens is 1. The number of pyridine rings is 1. The summed E-state index contributed by atoms with van der Waals surface area (Å²) in [6.07, 6.45) is 0. The van der Waals surface area contributed by atoms with Crippen molar-refractivity contribution in [3.8, 4) is 0 Å². The van der Waals surface area contributed by atoms with Gasteiger partial charge in [0.1, 0.15) is 0 Å². The van der Waals surface area contributed by atoms with Crippen molar-refractivity contribution in [1.29, 1.82) is 0 Å². The number of rotatable bonds is 0. The van der Waals surface area contributed by atoms with Gasteiger partial charge in [0.15, 0.2) is 0 Å². The molecule has 0 fully saturated rings. The zero-order chi connectivity index (χ0) is 15.2. The Morgan fingerprint density at radius 3 is 1.57 bits per heavy atom. The number of nitrogens with one attached hydrogen (secondary N) is 4. The SMILES string of the molecule is [Cl][Cu][Cl].c1cc2nc(c1)CNCCNCCNCCNC2. The van der Waals surface area contributed by atoms with Crippen molar-refractivity contribution in [3.63, 3.8) is 0 Å². The minimum Gasteiger partial charge on any atom is -0.314 e.